The standard InChI is InChI=1S/C10H11ClN4O/c11-8-1-2-9(7(5-8)6-12)14-3-4-15-10(13)16/h1-2,5,14H,3-4H2,(H3,13,15,16). The van der Waals surface area contributed by atoms with Crippen LogP contribution in [0.3, 0.4) is 0 Å². The summed E-state index contributed by atoms with van der Waals surface area (Å²) in [6, 6.07) is 6.43. The first-order valence-corrected chi connectivity index (χ1v) is 4.98. The minimum Gasteiger partial charge on any atom is -0.382 e. The van der Waals surface area contributed by atoms with E-state index in [0.29, 0.717) is 29.4 Å². The zero-order chi connectivity index (χ0) is 12.0. The first kappa shape index (κ1) is 12.1. The molecule has 0 saturated heterocycles. The van der Waals surface area contributed by atoms with Gasteiger partial charge in [0.15, 0.2) is 0 Å². The highest BCUT2D eigenvalue weighted by Crippen LogP contribution is 2.19. The second-order valence-corrected chi connectivity index (χ2v) is 3.46. The van der Waals surface area contributed by atoms with Gasteiger partial charge in [-0.25, -0.2) is 4.79 Å². The molecular weight excluding hydrogens is 228 g/mol. The largest absolute Gasteiger partial charge is 0.382 e. The molecule has 0 saturated carbocycles. The summed E-state index contributed by atoms with van der Waals surface area (Å²) in [5.41, 5.74) is 6.04. The van der Waals surface area contributed by atoms with Gasteiger partial charge < -0.3 is 16.4 Å². The Morgan fingerprint density at radius 3 is 2.88 bits per heavy atom. The maximum Gasteiger partial charge on any atom is 0.312 e. The van der Waals surface area contributed by atoms with E-state index >= 15 is 0 Å². The average molecular weight is 239 g/mol. The summed E-state index contributed by atoms with van der Waals surface area (Å²) in [5, 5.41) is 14.8. The van der Waals surface area contributed by atoms with Gasteiger partial charge >= 0.3 is 6.03 Å². The van der Waals surface area contributed by atoms with Crippen molar-refractivity contribution >= 4 is 23.3 Å². The predicted molar refractivity (Wildman–Crippen MR) is 62.2 cm³/mol. The molecule has 0 bridgehead atoms. The molecule has 0 spiro atoms. The number of rotatable bonds is 4. The molecule has 0 aliphatic heterocycles. The van der Waals surface area contributed by atoms with Crippen LogP contribution in [0.2, 0.25) is 5.02 Å². The molecule has 0 radical (unpaired) electrons. The number of carbonyl (C=O) groups excluding carboxylic acids is 1. The maximum absolute atomic E-state index is 10.4. The van der Waals surface area contributed by atoms with Gasteiger partial charge in [-0.3, -0.25) is 0 Å². The van der Waals surface area contributed by atoms with E-state index < -0.39 is 6.03 Å². The van der Waals surface area contributed by atoms with E-state index in [-0.39, 0.29) is 0 Å². The van der Waals surface area contributed by atoms with Gasteiger partial charge in [0.25, 0.3) is 0 Å². The highest BCUT2D eigenvalue weighted by atomic mass is 35.5. The summed E-state index contributed by atoms with van der Waals surface area (Å²) < 4.78 is 0. The van der Waals surface area contributed by atoms with Crippen molar-refractivity contribution in [1.29, 1.82) is 5.26 Å². The fourth-order valence-electron chi connectivity index (χ4n) is 1.15. The minimum atomic E-state index is -0.571. The Balaban J connectivity index is 2.54. The van der Waals surface area contributed by atoms with Crippen LogP contribution in [0.15, 0.2) is 18.2 Å². The van der Waals surface area contributed by atoms with Crippen molar-refractivity contribution in [2.75, 3.05) is 18.4 Å². The summed E-state index contributed by atoms with van der Waals surface area (Å²) in [6.45, 7) is 0.877. The number of benzene rings is 1. The van der Waals surface area contributed by atoms with E-state index in [4.69, 9.17) is 22.6 Å². The molecule has 0 fully saturated rings. The summed E-state index contributed by atoms with van der Waals surface area (Å²) in [5.74, 6) is 0. The van der Waals surface area contributed by atoms with Crippen LogP contribution in [0.5, 0.6) is 0 Å². The first-order chi connectivity index (χ1) is 7.63. The highest BCUT2D eigenvalue weighted by Gasteiger charge is 2.01. The average Bonchev–Trinajstić information content (AvgIpc) is 2.25. The number of primary amides is 1. The lowest BCUT2D eigenvalue weighted by atomic mass is 10.2. The SMILES string of the molecule is N#Cc1cc(Cl)ccc1NCCNC(N)=O. The topological polar surface area (TPSA) is 90.9 Å². The number of carbonyl (C=O) groups is 1. The lowest BCUT2D eigenvalue weighted by Gasteiger charge is -2.08. The zero-order valence-corrected chi connectivity index (χ0v) is 9.21. The number of nitrogens with zero attached hydrogens (tertiary/aromatic N) is 1. The Hall–Kier alpha value is -1.93. The van der Waals surface area contributed by atoms with Crippen LogP contribution in [0.4, 0.5) is 10.5 Å². The molecule has 0 aliphatic rings. The molecule has 0 atom stereocenters. The molecule has 2 amide bonds. The molecule has 0 heterocycles. The first-order valence-electron chi connectivity index (χ1n) is 4.60. The fourth-order valence-corrected chi connectivity index (χ4v) is 1.32. The summed E-state index contributed by atoms with van der Waals surface area (Å²) in [4.78, 5) is 10.4. The zero-order valence-electron chi connectivity index (χ0n) is 8.46. The van der Waals surface area contributed by atoms with Crippen molar-refractivity contribution in [3.8, 4) is 6.07 Å². The van der Waals surface area contributed by atoms with Gasteiger partial charge in [-0.2, -0.15) is 5.26 Å². The van der Waals surface area contributed by atoms with Crippen molar-refractivity contribution < 1.29 is 4.79 Å². The fraction of sp³-hybridized carbons (Fsp3) is 0.200. The van der Waals surface area contributed by atoms with Crippen LogP contribution >= 0.6 is 11.6 Å². The lowest BCUT2D eigenvalue weighted by molar-refractivity contribution is 0.249. The molecule has 84 valence electrons. The van der Waals surface area contributed by atoms with E-state index in [2.05, 4.69) is 10.6 Å². The Morgan fingerprint density at radius 2 is 2.25 bits per heavy atom. The third-order valence-electron chi connectivity index (χ3n) is 1.84. The third kappa shape index (κ3) is 3.67. The van der Waals surface area contributed by atoms with Gasteiger partial charge in [0.1, 0.15) is 6.07 Å². The third-order valence-corrected chi connectivity index (χ3v) is 2.08. The smallest absolute Gasteiger partial charge is 0.312 e. The molecular formula is C10H11ClN4O. The van der Waals surface area contributed by atoms with Gasteiger partial charge in [0.2, 0.25) is 0 Å². The molecule has 1 rings (SSSR count). The Labute approximate surface area is 98.2 Å². The number of nitrogens with two attached hydrogens (primary N) is 1. The highest BCUT2D eigenvalue weighted by molar-refractivity contribution is 6.30. The Morgan fingerprint density at radius 1 is 1.50 bits per heavy atom. The van der Waals surface area contributed by atoms with E-state index in [0.717, 1.165) is 0 Å². The molecule has 6 heteroatoms. The van der Waals surface area contributed by atoms with E-state index in [9.17, 15) is 4.79 Å². The van der Waals surface area contributed by atoms with Crippen LogP contribution in [0.1, 0.15) is 5.56 Å². The molecule has 0 aromatic heterocycles. The normalized spacial score (nSPS) is 9.25. The Kier molecular flexibility index (Phi) is 4.42. The van der Waals surface area contributed by atoms with E-state index in [1.165, 1.54) is 0 Å². The van der Waals surface area contributed by atoms with Crippen molar-refractivity contribution in [2.45, 2.75) is 0 Å². The molecule has 1 aromatic rings. The number of urea groups is 1. The van der Waals surface area contributed by atoms with Gasteiger partial charge in [-0.05, 0) is 18.2 Å². The number of halogens is 1. The van der Waals surface area contributed by atoms with E-state index in [1.54, 1.807) is 18.2 Å². The lowest BCUT2D eigenvalue weighted by Crippen LogP contribution is -2.33. The maximum atomic E-state index is 10.4. The molecule has 5 nitrogen and oxygen atoms in total. The van der Waals surface area contributed by atoms with Gasteiger partial charge in [-0.1, -0.05) is 11.6 Å². The molecule has 1 aromatic carbocycles. The van der Waals surface area contributed by atoms with Crippen LogP contribution in [0, 0.1) is 11.3 Å². The number of nitriles is 1. The van der Waals surface area contributed by atoms with Crippen LogP contribution in [-0.4, -0.2) is 19.1 Å². The van der Waals surface area contributed by atoms with Crippen molar-refractivity contribution in [1.82, 2.24) is 5.32 Å². The second kappa shape index (κ2) is 5.83. The van der Waals surface area contributed by atoms with Crippen LogP contribution < -0.4 is 16.4 Å². The predicted octanol–water partition coefficient (Wildman–Crippen LogP) is 1.29. The molecule has 0 aliphatic carbocycles. The summed E-state index contributed by atoms with van der Waals surface area (Å²) in [7, 11) is 0. The van der Waals surface area contributed by atoms with Crippen molar-refractivity contribution in [3.63, 3.8) is 0 Å². The molecule has 0 unspecified atom stereocenters. The van der Waals surface area contributed by atoms with Crippen LogP contribution in [0.25, 0.3) is 0 Å². The van der Waals surface area contributed by atoms with E-state index in [1.807, 2.05) is 6.07 Å². The Bertz CT molecular complexity index is 427. The summed E-state index contributed by atoms with van der Waals surface area (Å²) >= 11 is 5.75. The number of hydrogen-bond acceptors (Lipinski definition) is 3. The second-order valence-electron chi connectivity index (χ2n) is 3.02. The number of nitrogens with one attached hydrogen (secondary N) is 2. The van der Waals surface area contributed by atoms with Gasteiger partial charge in [0.05, 0.1) is 11.3 Å². The molecule has 4 N–H and O–H groups in total. The van der Waals surface area contributed by atoms with Gasteiger partial charge in [-0.15, -0.1) is 0 Å². The van der Waals surface area contributed by atoms with Crippen LogP contribution in [-0.2, 0) is 0 Å². The monoisotopic (exact) mass is 238 g/mol. The number of anilines is 1. The van der Waals surface area contributed by atoms with Crippen molar-refractivity contribution in [2.24, 2.45) is 5.73 Å². The van der Waals surface area contributed by atoms with Gasteiger partial charge in [0, 0.05) is 18.1 Å². The number of hydrogen-bond donors (Lipinski definition) is 3. The van der Waals surface area contributed by atoms with Crippen molar-refractivity contribution in [3.05, 3.63) is 28.8 Å². The summed E-state index contributed by atoms with van der Waals surface area (Å²) in [6.07, 6.45) is 0. The minimum absolute atomic E-state index is 0.392. The number of amides is 2. The molecule has 16 heavy (non-hydrogen) atoms. The quantitative estimate of drug-likeness (QED) is 0.691.